The van der Waals surface area contributed by atoms with Gasteiger partial charge in [0, 0.05) is 6.54 Å². The SMILES string of the molecule is CNC(C(=O)O)C(=O)NCCc1ccc(OC)cc1. The fraction of sp³-hybridized carbons (Fsp3) is 0.385. The van der Waals surface area contributed by atoms with Crippen LogP contribution in [0.4, 0.5) is 0 Å². The number of carboxylic acid groups (broad SMARTS) is 1. The second-order valence-electron chi connectivity index (χ2n) is 3.95. The Morgan fingerprint density at radius 3 is 2.42 bits per heavy atom. The van der Waals surface area contributed by atoms with Crippen molar-refractivity contribution < 1.29 is 19.4 Å². The molecule has 0 aromatic heterocycles. The molecule has 19 heavy (non-hydrogen) atoms. The number of aliphatic carboxylic acids is 1. The van der Waals surface area contributed by atoms with Crippen molar-refractivity contribution in [1.29, 1.82) is 0 Å². The van der Waals surface area contributed by atoms with E-state index in [4.69, 9.17) is 9.84 Å². The first-order valence-electron chi connectivity index (χ1n) is 5.89. The maximum Gasteiger partial charge on any atom is 0.330 e. The lowest BCUT2D eigenvalue weighted by molar-refractivity contribution is -0.143. The van der Waals surface area contributed by atoms with E-state index in [-0.39, 0.29) is 0 Å². The third-order valence-corrected chi connectivity index (χ3v) is 2.67. The van der Waals surface area contributed by atoms with Gasteiger partial charge in [0.25, 0.3) is 0 Å². The van der Waals surface area contributed by atoms with Gasteiger partial charge in [0.15, 0.2) is 6.04 Å². The average molecular weight is 266 g/mol. The summed E-state index contributed by atoms with van der Waals surface area (Å²) in [5.74, 6) is -0.957. The smallest absolute Gasteiger partial charge is 0.330 e. The van der Waals surface area contributed by atoms with Gasteiger partial charge < -0.3 is 15.2 Å². The van der Waals surface area contributed by atoms with Crippen LogP contribution in [0.15, 0.2) is 24.3 Å². The van der Waals surface area contributed by atoms with Crippen molar-refractivity contribution in [3.05, 3.63) is 29.8 Å². The van der Waals surface area contributed by atoms with E-state index in [9.17, 15) is 9.59 Å². The van der Waals surface area contributed by atoms with E-state index in [1.807, 2.05) is 24.3 Å². The van der Waals surface area contributed by atoms with Crippen molar-refractivity contribution in [2.45, 2.75) is 12.5 Å². The minimum atomic E-state index is -1.21. The van der Waals surface area contributed by atoms with Gasteiger partial charge in [-0.2, -0.15) is 0 Å². The van der Waals surface area contributed by atoms with E-state index in [1.54, 1.807) is 7.11 Å². The lowest BCUT2D eigenvalue weighted by atomic mass is 10.1. The van der Waals surface area contributed by atoms with Crippen molar-refractivity contribution >= 4 is 11.9 Å². The Morgan fingerprint density at radius 1 is 1.32 bits per heavy atom. The summed E-state index contributed by atoms with van der Waals surface area (Å²) < 4.78 is 5.04. The molecular weight excluding hydrogens is 248 g/mol. The summed E-state index contributed by atoms with van der Waals surface area (Å²) in [7, 11) is 3.03. The van der Waals surface area contributed by atoms with Gasteiger partial charge in [-0.1, -0.05) is 12.1 Å². The largest absolute Gasteiger partial charge is 0.497 e. The Bertz CT molecular complexity index is 431. The summed E-state index contributed by atoms with van der Waals surface area (Å²) in [6.07, 6.45) is 0.631. The summed E-state index contributed by atoms with van der Waals surface area (Å²) in [5.41, 5.74) is 1.04. The molecule has 0 aliphatic carbocycles. The zero-order chi connectivity index (χ0) is 14.3. The molecule has 6 heteroatoms. The lowest BCUT2D eigenvalue weighted by Gasteiger charge is -2.11. The number of hydrogen-bond donors (Lipinski definition) is 3. The minimum Gasteiger partial charge on any atom is -0.497 e. The average Bonchev–Trinajstić information content (AvgIpc) is 2.40. The van der Waals surface area contributed by atoms with Crippen molar-refractivity contribution in [3.8, 4) is 5.75 Å². The number of methoxy groups -OCH3 is 1. The maximum absolute atomic E-state index is 11.5. The summed E-state index contributed by atoms with van der Waals surface area (Å²) in [6.45, 7) is 0.386. The molecule has 0 fully saturated rings. The van der Waals surface area contributed by atoms with Crippen LogP contribution in [0.1, 0.15) is 5.56 Å². The minimum absolute atomic E-state index is 0.386. The number of rotatable bonds is 7. The highest BCUT2D eigenvalue weighted by molar-refractivity contribution is 6.01. The van der Waals surface area contributed by atoms with Gasteiger partial charge in [0.2, 0.25) is 5.91 Å². The Balaban J connectivity index is 2.40. The highest BCUT2D eigenvalue weighted by Gasteiger charge is 2.23. The van der Waals surface area contributed by atoms with Crippen LogP contribution in [0.25, 0.3) is 0 Å². The number of likely N-dealkylation sites (N-methyl/N-ethyl adjacent to an activating group) is 1. The normalized spacial score (nSPS) is 11.7. The highest BCUT2D eigenvalue weighted by atomic mass is 16.5. The Labute approximate surface area is 111 Å². The number of carbonyl (C=O) groups excluding carboxylic acids is 1. The highest BCUT2D eigenvalue weighted by Crippen LogP contribution is 2.11. The van der Waals surface area contributed by atoms with Crippen LogP contribution in [-0.4, -0.2) is 43.7 Å². The van der Waals surface area contributed by atoms with Crippen LogP contribution in [0, 0.1) is 0 Å². The molecule has 0 radical (unpaired) electrons. The molecule has 1 rings (SSSR count). The predicted molar refractivity (Wildman–Crippen MR) is 70.2 cm³/mol. The monoisotopic (exact) mass is 266 g/mol. The fourth-order valence-electron chi connectivity index (χ4n) is 1.59. The molecule has 1 aromatic carbocycles. The summed E-state index contributed by atoms with van der Waals surface area (Å²) in [5, 5.41) is 13.8. The number of hydrogen-bond acceptors (Lipinski definition) is 4. The molecular formula is C13H18N2O4. The number of benzene rings is 1. The molecule has 0 aliphatic heterocycles. The van der Waals surface area contributed by atoms with Crippen LogP contribution in [0.3, 0.4) is 0 Å². The number of nitrogens with one attached hydrogen (secondary N) is 2. The van der Waals surface area contributed by atoms with Crippen LogP contribution in [0.5, 0.6) is 5.75 Å². The third kappa shape index (κ3) is 4.59. The first kappa shape index (κ1) is 15.0. The molecule has 1 aromatic rings. The second-order valence-corrected chi connectivity index (χ2v) is 3.95. The van der Waals surface area contributed by atoms with Gasteiger partial charge >= 0.3 is 5.97 Å². The first-order chi connectivity index (χ1) is 9.08. The number of amides is 1. The van der Waals surface area contributed by atoms with E-state index in [0.717, 1.165) is 11.3 Å². The number of carbonyl (C=O) groups is 2. The van der Waals surface area contributed by atoms with Gasteiger partial charge in [-0.05, 0) is 31.2 Å². The topological polar surface area (TPSA) is 87.7 Å². The molecule has 0 spiro atoms. The van der Waals surface area contributed by atoms with Crippen LogP contribution >= 0.6 is 0 Å². The van der Waals surface area contributed by atoms with E-state index >= 15 is 0 Å². The van der Waals surface area contributed by atoms with Gasteiger partial charge in [0.1, 0.15) is 5.75 Å². The van der Waals surface area contributed by atoms with Gasteiger partial charge in [-0.25, -0.2) is 4.79 Å². The molecule has 0 heterocycles. The second kappa shape index (κ2) is 7.38. The zero-order valence-electron chi connectivity index (χ0n) is 11.0. The molecule has 0 bridgehead atoms. The van der Waals surface area contributed by atoms with E-state index in [1.165, 1.54) is 7.05 Å². The van der Waals surface area contributed by atoms with Crippen LogP contribution in [0.2, 0.25) is 0 Å². The van der Waals surface area contributed by atoms with Gasteiger partial charge in [-0.3, -0.25) is 10.1 Å². The Morgan fingerprint density at radius 2 is 1.95 bits per heavy atom. The molecule has 3 N–H and O–H groups in total. The lowest BCUT2D eigenvalue weighted by Crippen LogP contribution is -2.48. The molecule has 104 valence electrons. The molecule has 1 amide bonds. The summed E-state index contributed by atoms with van der Waals surface area (Å²) in [6, 6.07) is 6.27. The molecule has 0 saturated heterocycles. The van der Waals surface area contributed by atoms with Crippen molar-refractivity contribution in [3.63, 3.8) is 0 Å². The standard InChI is InChI=1S/C13H18N2O4/c1-14-11(13(17)18)12(16)15-8-7-9-3-5-10(19-2)6-4-9/h3-6,11,14H,7-8H2,1-2H3,(H,15,16)(H,17,18). The quantitative estimate of drug-likeness (QED) is 0.606. The fourth-order valence-corrected chi connectivity index (χ4v) is 1.59. The molecule has 1 unspecified atom stereocenters. The number of carboxylic acids is 1. The Kier molecular flexibility index (Phi) is 5.81. The van der Waals surface area contributed by atoms with E-state index in [2.05, 4.69) is 10.6 Å². The van der Waals surface area contributed by atoms with Gasteiger partial charge in [0.05, 0.1) is 7.11 Å². The first-order valence-corrected chi connectivity index (χ1v) is 5.89. The van der Waals surface area contributed by atoms with Crippen LogP contribution in [-0.2, 0) is 16.0 Å². The van der Waals surface area contributed by atoms with Crippen LogP contribution < -0.4 is 15.4 Å². The summed E-state index contributed by atoms with van der Waals surface area (Å²) in [4.78, 5) is 22.3. The maximum atomic E-state index is 11.5. The third-order valence-electron chi connectivity index (χ3n) is 2.67. The molecule has 6 nitrogen and oxygen atoms in total. The molecule has 1 atom stereocenters. The van der Waals surface area contributed by atoms with E-state index < -0.39 is 17.9 Å². The Hall–Kier alpha value is -2.08. The zero-order valence-corrected chi connectivity index (χ0v) is 11.0. The molecule has 0 saturated carbocycles. The summed E-state index contributed by atoms with van der Waals surface area (Å²) >= 11 is 0. The van der Waals surface area contributed by atoms with Crippen molar-refractivity contribution in [2.75, 3.05) is 20.7 Å². The predicted octanol–water partition coefficient (Wildman–Crippen LogP) is 0.0265. The van der Waals surface area contributed by atoms with E-state index in [0.29, 0.717) is 13.0 Å². The van der Waals surface area contributed by atoms with Gasteiger partial charge in [-0.15, -0.1) is 0 Å². The number of ether oxygens (including phenoxy) is 1. The molecule has 0 aliphatic rings. The van der Waals surface area contributed by atoms with Crippen molar-refractivity contribution in [2.24, 2.45) is 0 Å². The van der Waals surface area contributed by atoms with Crippen molar-refractivity contribution in [1.82, 2.24) is 10.6 Å².